The first-order chi connectivity index (χ1) is 8.49. The van der Waals surface area contributed by atoms with Crippen LogP contribution in [-0.4, -0.2) is 14.3 Å². The first-order valence-electron chi connectivity index (χ1n) is 4.78. The quantitative estimate of drug-likeness (QED) is 0.783. The number of hydrogen-bond acceptors (Lipinski definition) is 3. The second kappa shape index (κ2) is 5.05. The number of hydrogen-bond donors (Lipinski definition) is 3. The van der Waals surface area contributed by atoms with Gasteiger partial charge in [-0.2, -0.15) is 21.6 Å². The van der Waals surface area contributed by atoms with Crippen molar-refractivity contribution in [1.82, 2.24) is 0 Å². The van der Waals surface area contributed by atoms with Crippen molar-refractivity contribution in [2.75, 3.05) is 10.0 Å². The van der Waals surface area contributed by atoms with E-state index in [4.69, 9.17) is 0 Å². The van der Waals surface area contributed by atoms with E-state index < -0.39 is 33.5 Å². The van der Waals surface area contributed by atoms with Gasteiger partial charge in [-0.05, 0) is 18.2 Å². The molecule has 0 saturated heterocycles. The van der Waals surface area contributed by atoms with Crippen molar-refractivity contribution in [2.45, 2.75) is 13.1 Å². The highest BCUT2D eigenvalue weighted by molar-refractivity contribution is 7.90. The SMILES string of the molecule is CC(=O)Nc1ccc(NS(N)(=O)=O)c(C(F)(F)F)c1. The minimum Gasteiger partial charge on any atom is -0.326 e. The molecule has 1 rings (SSSR count). The molecular weight excluding hydrogens is 287 g/mol. The maximum atomic E-state index is 12.8. The highest BCUT2D eigenvalue weighted by Crippen LogP contribution is 2.36. The van der Waals surface area contributed by atoms with Gasteiger partial charge >= 0.3 is 6.18 Å². The van der Waals surface area contributed by atoms with Gasteiger partial charge in [0.05, 0.1) is 11.3 Å². The normalized spacial score (nSPS) is 12.1. The highest BCUT2D eigenvalue weighted by atomic mass is 32.2. The van der Waals surface area contributed by atoms with Gasteiger partial charge in [-0.15, -0.1) is 0 Å². The fourth-order valence-electron chi connectivity index (χ4n) is 1.30. The third-order valence-corrected chi connectivity index (χ3v) is 2.40. The molecule has 0 spiro atoms. The van der Waals surface area contributed by atoms with Crippen LogP contribution in [0.2, 0.25) is 0 Å². The first-order valence-corrected chi connectivity index (χ1v) is 6.33. The molecule has 0 atom stereocenters. The number of carbonyl (C=O) groups excluding carboxylic acids is 1. The van der Waals surface area contributed by atoms with Crippen molar-refractivity contribution < 1.29 is 26.4 Å². The summed E-state index contributed by atoms with van der Waals surface area (Å²) in [5.41, 5.74) is -2.09. The van der Waals surface area contributed by atoms with Gasteiger partial charge in [0.15, 0.2) is 0 Å². The molecule has 0 fully saturated rings. The van der Waals surface area contributed by atoms with Crippen LogP contribution in [0.1, 0.15) is 12.5 Å². The van der Waals surface area contributed by atoms with Crippen molar-refractivity contribution in [3.05, 3.63) is 23.8 Å². The molecule has 0 unspecified atom stereocenters. The molecule has 0 aliphatic heterocycles. The summed E-state index contributed by atoms with van der Waals surface area (Å²) in [6, 6.07) is 2.58. The fourth-order valence-corrected chi connectivity index (χ4v) is 1.79. The lowest BCUT2D eigenvalue weighted by Crippen LogP contribution is -2.24. The molecule has 106 valence electrons. The predicted molar refractivity (Wildman–Crippen MR) is 62.5 cm³/mol. The smallest absolute Gasteiger partial charge is 0.326 e. The van der Waals surface area contributed by atoms with Crippen LogP contribution in [0.3, 0.4) is 0 Å². The number of nitrogens with two attached hydrogens (primary N) is 1. The Balaban J connectivity index is 3.29. The van der Waals surface area contributed by atoms with Crippen LogP contribution >= 0.6 is 0 Å². The molecule has 0 aliphatic carbocycles. The van der Waals surface area contributed by atoms with Gasteiger partial charge in [0, 0.05) is 12.6 Å². The van der Waals surface area contributed by atoms with Gasteiger partial charge in [-0.1, -0.05) is 0 Å². The molecule has 1 aromatic carbocycles. The molecule has 6 nitrogen and oxygen atoms in total. The van der Waals surface area contributed by atoms with Crippen molar-refractivity contribution >= 4 is 27.5 Å². The lowest BCUT2D eigenvalue weighted by Gasteiger charge is -2.15. The maximum absolute atomic E-state index is 12.8. The number of nitrogens with one attached hydrogen (secondary N) is 2. The minimum atomic E-state index is -4.80. The molecule has 19 heavy (non-hydrogen) atoms. The Morgan fingerprint density at radius 1 is 1.32 bits per heavy atom. The number of alkyl halides is 3. The average Bonchev–Trinajstić information content (AvgIpc) is 2.15. The zero-order chi connectivity index (χ0) is 14.8. The van der Waals surface area contributed by atoms with Crippen molar-refractivity contribution in [3.63, 3.8) is 0 Å². The standard InChI is InChI=1S/C9H10F3N3O3S/c1-5(16)14-6-2-3-8(15-19(13,17)18)7(4-6)9(10,11)12/h2-4,15H,1H3,(H,14,16)(H2,13,17,18). The van der Waals surface area contributed by atoms with E-state index in [1.807, 2.05) is 0 Å². The summed E-state index contributed by atoms with van der Waals surface area (Å²) < 4.78 is 61.4. The summed E-state index contributed by atoms with van der Waals surface area (Å²) >= 11 is 0. The summed E-state index contributed by atoms with van der Waals surface area (Å²) in [6.07, 6.45) is -4.80. The lowest BCUT2D eigenvalue weighted by atomic mass is 10.1. The predicted octanol–water partition coefficient (Wildman–Crippen LogP) is 1.28. The zero-order valence-electron chi connectivity index (χ0n) is 9.58. The average molecular weight is 297 g/mol. The maximum Gasteiger partial charge on any atom is 0.418 e. The third kappa shape index (κ3) is 4.75. The van der Waals surface area contributed by atoms with Crippen LogP contribution in [0.25, 0.3) is 0 Å². The van der Waals surface area contributed by atoms with E-state index in [-0.39, 0.29) is 5.69 Å². The monoisotopic (exact) mass is 297 g/mol. The second-order valence-electron chi connectivity index (χ2n) is 3.59. The van der Waals surface area contributed by atoms with E-state index in [2.05, 4.69) is 10.5 Å². The van der Waals surface area contributed by atoms with E-state index in [1.54, 1.807) is 4.72 Å². The van der Waals surface area contributed by atoms with Crippen LogP contribution in [0.5, 0.6) is 0 Å². The van der Waals surface area contributed by atoms with Gasteiger partial charge in [-0.25, -0.2) is 5.14 Å². The number of benzene rings is 1. The van der Waals surface area contributed by atoms with Crippen molar-refractivity contribution in [3.8, 4) is 0 Å². The van der Waals surface area contributed by atoms with Gasteiger partial charge in [0.2, 0.25) is 5.91 Å². The number of carbonyl (C=O) groups is 1. The second-order valence-corrected chi connectivity index (χ2v) is 4.88. The number of anilines is 2. The molecular formula is C9H10F3N3O3S. The summed E-state index contributed by atoms with van der Waals surface area (Å²) in [5.74, 6) is -0.555. The Labute approximate surface area is 107 Å². The molecule has 0 aromatic heterocycles. The van der Waals surface area contributed by atoms with E-state index in [9.17, 15) is 26.4 Å². The molecule has 0 bridgehead atoms. The van der Waals surface area contributed by atoms with Crippen LogP contribution < -0.4 is 15.2 Å². The van der Waals surface area contributed by atoms with Gasteiger partial charge in [0.25, 0.3) is 10.2 Å². The van der Waals surface area contributed by atoms with E-state index in [1.165, 1.54) is 0 Å². The molecule has 0 radical (unpaired) electrons. The summed E-state index contributed by atoms with van der Waals surface area (Å²) in [6.45, 7) is 1.13. The van der Waals surface area contributed by atoms with E-state index >= 15 is 0 Å². The number of rotatable bonds is 3. The number of halogens is 3. The first kappa shape index (κ1) is 15.2. The lowest BCUT2D eigenvalue weighted by molar-refractivity contribution is -0.136. The molecule has 1 aromatic rings. The number of amides is 1. The Hall–Kier alpha value is -1.81. The largest absolute Gasteiger partial charge is 0.418 e. The molecule has 10 heteroatoms. The molecule has 0 saturated carbocycles. The molecule has 4 N–H and O–H groups in total. The Bertz CT molecular complexity index is 598. The summed E-state index contributed by atoms with van der Waals surface area (Å²) in [7, 11) is -4.33. The van der Waals surface area contributed by atoms with E-state index in [0.717, 1.165) is 19.1 Å². The van der Waals surface area contributed by atoms with Gasteiger partial charge in [-0.3, -0.25) is 9.52 Å². The van der Waals surface area contributed by atoms with Crippen molar-refractivity contribution in [1.29, 1.82) is 0 Å². The molecule has 1 amide bonds. The highest BCUT2D eigenvalue weighted by Gasteiger charge is 2.34. The Kier molecular flexibility index (Phi) is 4.06. The topological polar surface area (TPSA) is 101 Å². The van der Waals surface area contributed by atoms with Gasteiger partial charge < -0.3 is 5.32 Å². The summed E-state index contributed by atoms with van der Waals surface area (Å²) in [5, 5.41) is 6.78. The minimum absolute atomic E-state index is 0.111. The molecule has 0 heterocycles. The van der Waals surface area contributed by atoms with Crippen LogP contribution in [0, 0.1) is 0 Å². The molecule has 0 aliphatic rings. The van der Waals surface area contributed by atoms with Crippen LogP contribution in [0.15, 0.2) is 18.2 Å². The van der Waals surface area contributed by atoms with Gasteiger partial charge in [0.1, 0.15) is 0 Å². The fraction of sp³-hybridized carbons (Fsp3) is 0.222. The zero-order valence-corrected chi connectivity index (χ0v) is 10.4. The van der Waals surface area contributed by atoms with Crippen molar-refractivity contribution in [2.24, 2.45) is 5.14 Å². The summed E-state index contributed by atoms with van der Waals surface area (Å²) in [4.78, 5) is 10.8. The third-order valence-electron chi connectivity index (χ3n) is 1.90. The Morgan fingerprint density at radius 2 is 1.89 bits per heavy atom. The van der Waals surface area contributed by atoms with Crippen LogP contribution in [-0.2, 0) is 21.2 Å². The van der Waals surface area contributed by atoms with E-state index in [0.29, 0.717) is 6.07 Å². The van der Waals surface area contributed by atoms with Crippen LogP contribution in [0.4, 0.5) is 24.5 Å². The Morgan fingerprint density at radius 3 is 2.32 bits per heavy atom.